The SMILES string of the molecule is O=C(Nc1nc(CN2CCc3ccccc3C2)cs1)c1ccc(C(F)(F)F)cc1. The molecule has 1 aliphatic rings. The third kappa shape index (κ3) is 4.65. The molecule has 2 heterocycles. The summed E-state index contributed by atoms with van der Waals surface area (Å²) in [5.74, 6) is -0.480. The third-order valence-electron chi connectivity index (χ3n) is 4.84. The summed E-state index contributed by atoms with van der Waals surface area (Å²) in [4.78, 5) is 19.0. The molecular weight excluding hydrogens is 399 g/mol. The number of fused-ring (bicyclic) bond motifs is 1. The number of nitrogens with zero attached hydrogens (tertiary/aromatic N) is 2. The minimum atomic E-state index is -4.42. The Hall–Kier alpha value is -2.71. The first-order valence-electron chi connectivity index (χ1n) is 9.10. The van der Waals surface area contributed by atoms with E-state index in [1.165, 1.54) is 22.5 Å². The maximum absolute atomic E-state index is 12.6. The maximum Gasteiger partial charge on any atom is 0.416 e. The molecule has 0 aliphatic carbocycles. The minimum absolute atomic E-state index is 0.155. The highest BCUT2D eigenvalue weighted by Crippen LogP contribution is 2.29. The Morgan fingerprint density at radius 1 is 1.10 bits per heavy atom. The van der Waals surface area contributed by atoms with Crippen molar-refractivity contribution in [3.05, 3.63) is 81.9 Å². The first-order chi connectivity index (χ1) is 13.9. The number of nitrogens with one attached hydrogen (secondary N) is 1. The lowest BCUT2D eigenvalue weighted by atomic mass is 10.00. The topological polar surface area (TPSA) is 45.2 Å². The molecule has 0 bridgehead atoms. The van der Waals surface area contributed by atoms with Gasteiger partial charge in [-0.15, -0.1) is 11.3 Å². The van der Waals surface area contributed by atoms with Gasteiger partial charge in [-0.25, -0.2) is 4.98 Å². The molecule has 1 aromatic heterocycles. The van der Waals surface area contributed by atoms with Crippen molar-refractivity contribution in [1.82, 2.24) is 9.88 Å². The second-order valence-electron chi connectivity index (χ2n) is 6.90. The summed E-state index contributed by atoms with van der Waals surface area (Å²) < 4.78 is 37.9. The molecule has 1 aliphatic heterocycles. The van der Waals surface area contributed by atoms with Crippen molar-refractivity contribution in [2.75, 3.05) is 11.9 Å². The molecule has 0 spiro atoms. The summed E-state index contributed by atoms with van der Waals surface area (Å²) in [7, 11) is 0. The van der Waals surface area contributed by atoms with Gasteiger partial charge in [0.05, 0.1) is 11.3 Å². The van der Waals surface area contributed by atoms with E-state index < -0.39 is 17.6 Å². The van der Waals surface area contributed by atoms with Crippen LogP contribution in [0.5, 0.6) is 0 Å². The number of halogens is 3. The molecule has 2 aromatic carbocycles. The second-order valence-corrected chi connectivity index (χ2v) is 7.76. The van der Waals surface area contributed by atoms with Crippen LogP contribution >= 0.6 is 11.3 Å². The second kappa shape index (κ2) is 7.96. The fourth-order valence-electron chi connectivity index (χ4n) is 3.34. The van der Waals surface area contributed by atoms with E-state index in [1.807, 2.05) is 11.4 Å². The Morgan fingerprint density at radius 3 is 2.55 bits per heavy atom. The number of hydrogen-bond donors (Lipinski definition) is 1. The van der Waals surface area contributed by atoms with E-state index >= 15 is 0 Å². The monoisotopic (exact) mass is 417 g/mol. The van der Waals surface area contributed by atoms with Crippen LogP contribution < -0.4 is 5.32 Å². The van der Waals surface area contributed by atoms with Crippen molar-refractivity contribution < 1.29 is 18.0 Å². The molecule has 0 unspecified atom stereocenters. The largest absolute Gasteiger partial charge is 0.416 e. The van der Waals surface area contributed by atoms with Crippen LogP contribution in [0.1, 0.15) is 32.7 Å². The Balaban J connectivity index is 1.36. The van der Waals surface area contributed by atoms with Crippen molar-refractivity contribution in [3.8, 4) is 0 Å². The number of anilines is 1. The summed E-state index contributed by atoms with van der Waals surface area (Å²) in [6.45, 7) is 2.49. The highest BCUT2D eigenvalue weighted by Gasteiger charge is 2.30. The Kier molecular flexibility index (Phi) is 5.38. The first-order valence-corrected chi connectivity index (χ1v) is 9.98. The fraction of sp³-hybridized carbons (Fsp3) is 0.238. The molecule has 1 amide bonds. The molecule has 29 heavy (non-hydrogen) atoms. The van der Waals surface area contributed by atoms with E-state index in [1.54, 1.807) is 0 Å². The van der Waals surface area contributed by atoms with Crippen LogP contribution in [0.15, 0.2) is 53.9 Å². The predicted molar refractivity (Wildman–Crippen MR) is 106 cm³/mol. The fourth-order valence-corrected chi connectivity index (χ4v) is 4.03. The van der Waals surface area contributed by atoms with E-state index in [0.29, 0.717) is 11.7 Å². The standard InChI is InChI=1S/C21H18F3N3OS/c22-21(23,24)17-7-5-15(6-8-17)19(28)26-20-25-18(13-29-20)12-27-10-9-14-3-1-2-4-16(14)11-27/h1-8,13H,9-12H2,(H,25,26,28). The smallest absolute Gasteiger partial charge is 0.298 e. The van der Waals surface area contributed by atoms with E-state index in [2.05, 4.69) is 33.4 Å². The Morgan fingerprint density at radius 2 is 1.83 bits per heavy atom. The summed E-state index contributed by atoms with van der Waals surface area (Å²) in [5.41, 5.74) is 2.93. The van der Waals surface area contributed by atoms with Crippen LogP contribution in [-0.2, 0) is 25.7 Å². The minimum Gasteiger partial charge on any atom is -0.298 e. The average Bonchev–Trinajstić information content (AvgIpc) is 3.14. The first kappa shape index (κ1) is 19.6. The van der Waals surface area contributed by atoms with Gasteiger partial charge in [0.2, 0.25) is 0 Å². The molecule has 4 rings (SSSR count). The lowest BCUT2D eigenvalue weighted by molar-refractivity contribution is -0.137. The van der Waals surface area contributed by atoms with Gasteiger partial charge in [-0.05, 0) is 41.8 Å². The molecular formula is C21H18F3N3OS. The van der Waals surface area contributed by atoms with Gasteiger partial charge in [-0.3, -0.25) is 15.0 Å². The van der Waals surface area contributed by atoms with Crippen LogP contribution in [0.25, 0.3) is 0 Å². The van der Waals surface area contributed by atoms with E-state index in [-0.39, 0.29) is 5.56 Å². The molecule has 0 radical (unpaired) electrons. The van der Waals surface area contributed by atoms with Crippen LogP contribution in [0.3, 0.4) is 0 Å². The lowest BCUT2D eigenvalue weighted by Crippen LogP contribution is -2.30. The van der Waals surface area contributed by atoms with Crippen LogP contribution in [0.4, 0.5) is 18.3 Å². The number of thiazole rings is 1. The summed E-state index contributed by atoms with van der Waals surface area (Å²) in [5, 5.41) is 4.98. The van der Waals surface area contributed by atoms with Gasteiger partial charge in [0.25, 0.3) is 5.91 Å². The van der Waals surface area contributed by atoms with Gasteiger partial charge in [0, 0.05) is 30.6 Å². The van der Waals surface area contributed by atoms with E-state index in [0.717, 1.165) is 49.5 Å². The van der Waals surface area contributed by atoms with Crippen molar-refractivity contribution in [1.29, 1.82) is 0 Å². The van der Waals surface area contributed by atoms with Crippen molar-refractivity contribution in [3.63, 3.8) is 0 Å². The quantitative estimate of drug-likeness (QED) is 0.652. The number of hydrogen-bond acceptors (Lipinski definition) is 4. The van der Waals surface area contributed by atoms with Crippen LogP contribution in [-0.4, -0.2) is 22.3 Å². The highest BCUT2D eigenvalue weighted by molar-refractivity contribution is 7.13. The van der Waals surface area contributed by atoms with Gasteiger partial charge >= 0.3 is 6.18 Å². The number of benzene rings is 2. The predicted octanol–water partition coefficient (Wildman–Crippen LogP) is 4.97. The van der Waals surface area contributed by atoms with Gasteiger partial charge in [-0.2, -0.15) is 13.2 Å². The van der Waals surface area contributed by atoms with Crippen LogP contribution in [0, 0.1) is 0 Å². The summed E-state index contributed by atoms with van der Waals surface area (Å²) in [6, 6.07) is 12.5. The van der Waals surface area contributed by atoms with Crippen molar-refractivity contribution in [2.45, 2.75) is 25.7 Å². The van der Waals surface area contributed by atoms with Gasteiger partial charge in [-0.1, -0.05) is 24.3 Å². The molecule has 1 N–H and O–H groups in total. The molecule has 8 heteroatoms. The van der Waals surface area contributed by atoms with Crippen molar-refractivity contribution >= 4 is 22.4 Å². The zero-order valence-electron chi connectivity index (χ0n) is 15.4. The van der Waals surface area contributed by atoms with Gasteiger partial charge in [0.15, 0.2) is 5.13 Å². The van der Waals surface area contributed by atoms with Gasteiger partial charge in [0.1, 0.15) is 0 Å². The Bertz CT molecular complexity index is 1010. The molecule has 0 saturated carbocycles. The molecule has 4 nitrogen and oxygen atoms in total. The molecule has 0 atom stereocenters. The number of amides is 1. The molecule has 0 saturated heterocycles. The van der Waals surface area contributed by atoms with Gasteiger partial charge < -0.3 is 0 Å². The highest BCUT2D eigenvalue weighted by atomic mass is 32.1. The Labute approximate surface area is 170 Å². The number of rotatable bonds is 4. The third-order valence-corrected chi connectivity index (χ3v) is 5.65. The number of alkyl halides is 3. The van der Waals surface area contributed by atoms with E-state index in [9.17, 15) is 18.0 Å². The zero-order valence-corrected chi connectivity index (χ0v) is 16.2. The van der Waals surface area contributed by atoms with E-state index in [4.69, 9.17) is 0 Å². The maximum atomic E-state index is 12.6. The zero-order chi connectivity index (χ0) is 20.4. The number of aromatic nitrogens is 1. The van der Waals surface area contributed by atoms with Crippen molar-refractivity contribution in [2.24, 2.45) is 0 Å². The molecule has 0 fully saturated rings. The normalized spacial score (nSPS) is 14.4. The number of carbonyl (C=O) groups is 1. The molecule has 3 aromatic rings. The van der Waals surface area contributed by atoms with Crippen LogP contribution in [0.2, 0.25) is 0 Å². The average molecular weight is 417 g/mol. The summed E-state index contributed by atoms with van der Waals surface area (Å²) >= 11 is 1.30. The summed E-state index contributed by atoms with van der Waals surface area (Å²) in [6.07, 6.45) is -3.42. The molecule has 150 valence electrons. The lowest BCUT2D eigenvalue weighted by Gasteiger charge is -2.27. The number of carbonyl (C=O) groups excluding carboxylic acids is 1.